The second-order valence-electron chi connectivity index (χ2n) is 3.54. The van der Waals surface area contributed by atoms with Crippen LogP contribution in [0.5, 0.6) is 11.5 Å². The third-order valence-corrected chi connectivity index (χ3v) is 3.20. The molecule has 0 saturated heterocycles. The zero-order valence-corrected chi connectivity index (χ0v) is 11.4. The Morgan fingerprint density at radius 1 is 1.11 bits per heavy atom. The Morgan fingerprint density at radius 2 is 1.89 bits per heavy atom. The molecule has 0 aromatic heterocycles. The normalized spacial score (nSPS) is 10.4. The molecule has 5 heteroatoms. The van der Waals surface area contributed by atoms with Crippen molar-refractivity contribution in [2.45, 2.75) is 5.33 Å². The van der Waals surface area contributed by atoms with E-state index < -0.39 is 11.6 Å². The average molecular weight is 334 g/mol. The van der Waals surface area contributed by atoms with Crippen LogP contribution in [0.15, 0.2) is 36.4 Å². The molecule has 0 heterocycles. The highest BCUT2D eigenvalue weighted by molar-refractivity contribution is 9.08. The topological polar surface area (TPSA) is 9.23 Å². The van der Waals surface area contributed by atoms with Crippen molar-refractivity contribution in [2.75, 3.05) is 0 Å². The highest BCUT2D eigenvalue weighted by Gasteiger charge is 2.11. The van der Waals surface area contributed by atoms with Gasteiger partial charge in [0.2, 0.25) is 0 Å². The van der Waals surface area contributed by atoms with Crippen LogP contribution >= 0.6 is 27.5 Å². The summed E-state index contributed by atoms with van der Waals surface area (Å²) in [6.45, 7) is 0. The Bertz CT molecular complexity index is 575. The first-order valence-corrected chi connectivity index (χ1v) is 6.58. The highest BCUT2D eigenvalue weighted by atomic mass is 79.9. The summed E-state index contributed by atoms with van der Waals surface area (Å²) in [4.78, 5) is 0. The van der Waals surface area contributed by atoms with Gasteiger partial charge in [-0.05, 0) is 18.2 Å². The number of hydrogen-bond acceptors (Lipinski definition) is 1. The van der Waals surface area contributed by atoms with E-state index in [1.165, 1.54) is 24.3 Å². The van der Waals surface area contributed by atoms with Crippen LogP contribution in [0.4, 0.5) is 8.78 Å². The summed E-state index contributed by atoms with van der Waals surface area (Å²) in [5, 5.41) is 0.388. The highest BCUT2D eigenvalue weighted by Crippen LogP contribution is 2.31. The fourth-order valence-electron chi connectivity index (χ4n) is 1.43. The van der Waals surface area contributed by atoms with E-state index in [-0.39, 0.29) is 16.5 Å². The maximum absolute atomic E-state index is 13.6. The zero-order valence-electron chi connectivity index (χ0n) is 9.09. The Kier molecular flexibility index (Phi) is 4.19. The molecule has 0 amide bonds. The summed E-state index contributed by atoms with van der Waals surface area (Å²) < 4.78 is 32.1. The Hall–Kier alpha value is -1.13. The fraction of sp³-hybridized carbons (Fsp3) is 0.0769. The van der Waals surface area contributed by atoms with Crippen molar-refractivity contribution < 1.29 is 13.5 Å². The van der Waals surface area contributed by atoms with Crippen molar-refractivity contribution in [1.82, 2.24) is 0 Å². The van der Waals surface area contributed by atoms with Gasteiger partial charge in [0.05, 0.1) is 5.02 Å². The van der Waals surface area contributed by atoms with Crippen LogP contribution in [0.25, 0.3) is 0 Å². The first kappa shape index (κ1) is 13.3. The molecule has 0 unspecified atom stereocenters. The molecule has 2 aromatic rings. The summed E-state index contributed by atoms with van der Waals surface area (Å²) >= 11 is 8.88. The van der Waals surface area contributed by atoms with E-state index in [0.717, 1.165) is 0 Å². The van der Waals surface area contributed by atoms with Crippen LogP contribution in [0.2, 0.25) is 5.02 Å². The number of rotatable bonds is 3. The van der Waals surface area contributed by atoms with Gasteiger partial charge in [0, 0.05) is 17.0 Å². The molecule has 0 spiro atoms. The standard InChI is InChI=1S/C13H8BrClF2O/c14-7-8-2-1-3-12(17)13(8)18-9-4-5-11(16)10(15)6-9/h1-6H,7H2. The average Bonchev–Trinajstić information content (AvgIpc) is 2.36. The third kappa shape index (κ3) is 2.82. The number of ether oxygens (including phenoxy) is 1. The maximum atomic E-state index is 13.6. The predicted octanol–water partition coefficient (Wildman–Crippen LogP) is 5.31. The predicted molar refractivity (Wildman–Crippen MR) is 70.5 cm³/mol. The minimum atomic E-state index is -0.543. The van der Waals surface area contributed by atoms with E-state index in [0.29, 0.717) is 10.9 Å². The van der Waals surface area contributed by atoms with Gasteiger partial charge in [-0.3, -0.25) is 0 Å². The van der Waals surface area contributed by atoms with E-state index in [1.807, 2.05) is 0 Å². The first-order valence-electron chi connectivity index (χ1n) is 5.08. The molecule has 0 atom stereocenters. The van der Waals surface area contributed by atoms with Crippen LogP contribution < -0.4 is 4.74 Å². The Balaban J connectivity index is 2.36. The second-order valence-corrected chi connectivity index (χ2v) is 4.51. The first-order chi connectivity index (χ1) is 8.61. The molecule has 0 bridgehead atoms. The second kappa shape index (κ2) is 5.67. The summed E-state index contributed by atoms with van der Waals surface area (Å²) in [5.41, 5.74) is 0.662. The van der Waals surface area contributed by atoms with Crippen molar-refractivity contribution >= 4 is 27.5 Å². The van der Waals surface area contributed by atoms with Gasteiger partial charge >= 0.3 is 0 Å². The maximum Gasteiger partial charge on any atom is 0.167 e. The molecule has 0 N–H and O–H groups in total. The lowest BCUT2D eigenvalue weighted by Gasteiger charge is -2.10. The van der Waals surface area contributed by atoms with Gasteiger partial charge in [-0.2, -0.15) is 0 Å². The molecule has 18 heavy (non-hydrogen) atoms. The molecular formula is C13H8BrClF2O. The van der Waals surface area contributed by atoms with Crippen molar-refractivity contribution in [3.05, 3.63) is 58.6 Å². The van der Waals surface area contributed by atoms with Crippen LogP contribution in [0.1, 0.15) is 5.56 Å². The number of benzene rings is 2. The minimum Gasteiger partial charge on any atom is -0.454 e. The fourth-order valence-corrected chi connectivity index (χ4v) is 2.04. The van der Waals surface area contributed by atoms with Crippen molar-refractivity contribution in [3.8, 4) is 11.5 Å². The quantitative estimate of drug-likeness (QED) is 0.692. The molecule has 1 nitrogen and oxygen atoms in total. The monoisotopic (exact) mass is 332 g/mol. The summed E-state index contributed by atoms with van der Waals surface area (Å²) in [7, 11) is 0. The van der Waals surface area contributed by atoms with E-state index in [1.54, 1.807) is 12.1 Å². The Labute approximate surface area is 116 Å². The Morgan fingerprint density at radius 3 is 2.56 bits per heavy atom. The molecular weight excluding hydrogens is 325 g/mol. The summed E-state index contributed by atoms with van der Waals surface area (Å²) in [5.74, 6) is -0.628. The largest absolute Gasteiger partial charge is 0.454 e. The van der Waals surface area contributed by atoms with E-state index in [2.05, 4.69) is 15.9 Å². The van der Waals surface area contributed by atoms with E-state index >= 15 is 0 Å². The van der Waals surface area contributed by atoms with Crippen LogP contribution in [-0.4, -0.2) is 0 Å². The van der Waals surface area contributed by atoms with Crippen LogP contribution in [0, 0.1) is 11.6 Å². The lowest BCUT2D eigenvalue weighted by atomic mass is 10.2. The van der Waals surface area contributed by atoms with Gasteiger partial charge in [-0.25, -0.2) is 8.78 Å². The smallest absolute Gasteiger partial charge is 0.167 e. The third-order valence-electron chi connectivity index (χ3n) is 2.30. The lowest BCUT2D eigenvalue weighted by molar-refractivity contribution is 0.437. The number of alkyl halides is 1. The summed E-state index contributed by atoms with van der Waals surface area (Å²) in [6, 6.07) is 8.50. The van der Waals surface area contributed by atoms with Gasteiger partial charge in [0.25, 0.3) is 0 Å². The van der Waals surface area contributed by atoms with Crippen molar-refractivity contribution in [2.24, 2.45) is 0 Å². The van der Waals surface area contributed by atoms with Gasteiger partial charge in [-0.15, -0.1) is 0 Å². The van der Waals surface area contributed by atoms with E-state index in [4.69, 9.17) is 16.3 Å². The minimum absolute atomic E-state index is 0.0655. The van der Waals surface area contributed by atoms with Crippen LogP contribution in [-0.2, 0) is 5.33 Å². The number of hydrogen-bond donors (Lipinski definition) is 0. The SMILES string of the molecule is Fc1ccc(Oc2c(F)cccc2CBr)cc1Cl. The zero-order chi connectivity index (χ0) is 13.1. The molecule has 2 rings (SSSR count). The van der Waals surface area contributed by atoms with Gasteiger partial charge in [0.1, 0.15) is 11.6 Å². The van der Waals surface area contributed by atoms with Gasteiger partial charge < -0.3 is 4.74 Å². The molecule has 0 radical (unpaired) electrons. The molecule has 0 saturated carbocycles. The van der Waals surface area contributed by atoms with Gasteiger partial charge in [0.15, 0.2) is 11.6 Å². The summed E-state index contributed by atoms with van der Waals surface area (Å²) in [6.07, 6.45) is 0. The van der Waals surface area contributed by atoms with Gasteiger partial charge in [-0.1, -0.05) is 39.7 Å². The molecule has 0 fully saturated rings. The molecule has 0 aliphatic rings. The molecule has 2 aromatic carbocycles. The molecule has 0 aliphatic heterocycles. The lowest BCUT2D eigenvalue weighted by Crippen LogP contribution is -1.93. The number of halogens is 4. The molecule has 0 aliphatic carbocycles. The van der Waals surface area contributed by atoms with Crippen molar-refractivity contribution in [1.29, 1.82) is 0 Å². The van der Waals surface area contributed by atoms with Crippen LogP contribution in [0.3, 0.4) is 0 Å². The molecule has 94 valence electrons. The van der Waals surface area contributed by atoms with E-state index in [9.17, 15) is 8.78 Å². The van der Waals surface area contributed by atoms with Crippen molar-refractivity contribution in [3.63, 3.8) is 0 Å². The number of para-hydroxylation sites is 1.